The van der Waals surface area contributed by atoms with Gasteiger partial charge < -0.3 is 10.3 Å². The molecule has 3 aromatic carbocycles. The molecular formula is C21H18ClN3O2S. The number of nitrogens with two attached hydrogens (primary N) is 1. The summed E-state index contributed by atoms with van der Waals surface area (Å²) >= 11 is 6.32. The Balaban J connectivity index is 1.78. The van der Waals surface area contributed by atoms with E-state index in [2.05, 4.69) is 4.98 Å². The molecule has 0 fully saturated rings. The van der Waals surface area contributed by atoms with Crippen LogP contribution in [0.15, 0.2) is 77.7 Å². The molecule has 0 aliphatic carbocycles. The summed E-state index contributed by atoms with van der Waals surface area (Å²) in [7, 11) is -3.57. The van der Waals surface area contributed by atoms with Gasteiger partial charge in [-0.15, -0.1) is 0 Å². The van der Waals surface area contributed by atoms with E-state index in [0.29, 0.717) is 23.1 Å². The highest BCUT2D eigenvalue weighted by Gasteiger charge is 2.21. The van der Waals surface area contributed by atoms with Crippen LogP contribution in [0, 0.1) is 0 Å². The predicted octanol–water partition coefficient (Wildman–Crippen LogP) is 4.29. The van der Waals surface area contributed by atoms with Crippen LogP contribution in [-0.2, 0) is 22.1 Å². The van der Waals surface area contributed by atoms with Gasteiger partial charge in [0.05, 0.1) is 22.5 Å². The lowest BCUT2D eigenvalue weighted by molar-refractivity contribution is 0.592. The Morgan fingerprint density at radius 1 is 0.929 bits per heavy atom. The van der Waals surface area contributed by atoms with Gasteiger partial charge in [0.2, 0.25) is 0 Å². The number of aromatic nitrogens is 2. The number of para-hydroxylation sites is 2. The first-order chi connectivity index (χ1) is 13.4. The van der Waals surface area contributed by atoms with Crippen LogP contribution >= 0.6 is 11.6 Å². The first-order valence-electron chi connectivity index (χ1n) is 8.70. The minimum atomic E-state index is -3.57. The van der Waals surface area contributed by atoms with Gasteiger partial charge in [-0.1, -0.05) is 41.9 Å². The highest BCUT2D eigenvalue weighted by Crippen LogP contribution is 2.24. The lowest BCUT2D eigenvalue weighted by Gasteiger charge is -2.11. The molecule has 0 saturated carbocycles. The summed E-state index contributed by atoms with van der Waals surface area (Å²) < 4.78 is 27.8. The Morgan fingerprint density at radius 2 is 1.61 bits per heavy atom. The van der Waals surface area contributed by atoms with Crippen molar-refractivity contribution >= 4 is 38.2 Å². The Bertz CT molecular complexity index is 1250. The molecule has 0 aliphatic heterocycles. The molecule has 4 rings (SSSR count). The van der Waals surface area contributed by atoms with Gasteiger partial charge in [-0.25, -0.2) is 13.4 Å². The summed E-state index contributed by atoms with van der Waals surface area (Å²) in [6, 6.07) is 21.3. The van der Waals surface area contributed by atoms with E-state index in [4.69, 9.17) is 17.3 Å². The molecule has 0 bridgehead atoms. The third kappa shape index (κ3) is 3.61. The SMILES string of the molecule is Nc1ccc(S(=O)(=O)Cc2nc3ccccc3n2Cc2ccccc2Cl)cc1. The van der Waals surface area contributed by atoms with Crippen LogP contribution < -0.4 is 5.73 Å². The van der Waals surface area contributed by atoms with Gasteiger partial charge in [0.25, 0.3) is 0 Å². The van der Waals surface area contributed by atoms with Crippen molar-refractivity contribution in [2.24, 2.45) is 0 Å². The van der Waals surface area contributed by atoms with Crippen molar-refractivity contribution < 1.29 is 8.42 Å². The minimum Gasteiger partial charge on any atom is -0.399 e. The van der Waals surface area contributed by atoms with Crippen LogP contribution in [0.2, 0.25) is 5.02 Å². The number of nitrogens with zero attached hydrogens (tertiary/aromatic N) is 2. The first-order valence-corrected chi connectivity index (χ1v) is 10.7. The van der Waals surface area contributed by atoms with Gasteiger partial charge in [-0.3, -0.25) is 0 Å². The second kappa shape index (κ2) is 7.30. The van der Waals surface area contributed by atoms with E-state index in [-0.39, 0.29) is 10.6 Å². The summed E-state index contributed by atoms with van der Waals surface area (Å²) in [6.07, 6.45) is 0. The van der Waals surface area contributed by atoms with Crippen LogP contribution in [0.4, 0.5) is 5.69 Å². The largest absolute Gasteiger partial charge is 0.399 e. The number of rotatable bonds is 5. The van der Waals surface area contributed by atoms with E-state index < -0.39 is 9.84 Å². The van der Waals surface area contributed by atoms with Crippen molar-refractivity contribution in [2.45, 2.75) is 17.2 Å². The second-order valence-corrected chi connectivity index (χ2v) is 8.92. The molecule has 4 aromatic rings. The molecule has 7 heteroatoms. The van der Waals surface area contributed by atoms with E-state index >= 15 is 0 Å². The number of imidazole rings is 1. The van der Waals surface area contributed by atoms with E-state index in [0.717, 1.165) is 16.6 Å². The van der Waals surface area contributed by atoms with Gasteiger partial charge in [-0.2, -0.15) is 0 Å². The number of anilines is 1. The predicted molar refractivity (Wildman–Crippen MR) is 112 cm³/mol. The molecule has 0 saturated heterocycles. The lowest BCUT2D eigenvalue weighted by atomic mass is 10.2. The molecule has 0 amide bonds. The molecule has 0 spiro atoms. The van der Waals surface area contributed by atoms with Crippen molar-refractivity contribution in [3.8, 4) is 0 Å². The Labute approximate surface area is 168 Å². The molecule has 28 heavy (non-hydrogen) atoms. The Hall–Kier alpha value is -2.83. The first kappa shape index (κ1) is 18.5. The van der Waals surface area contributed by atoms with Gasteiger partial charge in [0.1, 0.15) is 11.6 Å². The number of hydrogen-bond donors (Lipinski definition) is 1. The second-order valence-electron chi connectivity index (χ2n) is 6.52. The highest BCUT2D eigenvalue weighted by atomic mass is 35.5. The molecule has 0 atom stereocenters. The third-order valence-electron chi connectivity index (χ3n) is 4.58. The molecule has 1 aromatic heterocycles. The zero-order valence-corrected chi connectivity index (χ0v) is 16.5. The fourth-order valence-corrected chi connectivity index (χ4v) is 4.61. The Morgan fingerprint density at radius 3 is 2.36 bits per heavy atom. The standard InChI is InChI=1S/C21H18ClN3O2S/c22-18-6-2-1-5-15(18)13-25-20-8-4-3-7-19(20)24-21(25)14-28(26,27)17-11-9-16(23)10-12-17/h1-12H,13-14,23H2. The summed E-state index contributed by atoms with van der Waals surface area (Å²) in [5, 5.41) is 0.632. The third-order valence-corrected chi connectivity index (χ3v) is 6.58. The van der Waals surface area contributed by atoms with Gasteiger partial charge in [0, 0.05) is 10.7 Å². The Kier molecular flexibility index (Phi) is 4.83. The van der Waals surface area contributed by atoms with Gasteiger partial charge in [0.15, 0.2) is 9.84 Å². The minimum absolute atomic E-state index is 0.212. The lowest BCUT2D eigenvalue weighted by Crippen LogP contribution is -2.12. The number of hydrogen-bond acceptors (Lipinski definition) is 4. The maximum Gasteiger partial charge on any atom is 0.185 e. The van der Waals surface area contributed by atoms with Crippen LogP contribution in [-0.4, -0.2) is 18.0 Å². The van der Waals surface area contributed by atoms with E-state index in [1.165, 1.54) is 12.1 Å². The maximum absolute atomic E-state index is 12.9. The van der Waals surface area contributed by atoms with Gasteiger partial charge in [-0.05, 0) is 48.0 Å². The number of halogens is 1. The van der Waals surface area contributed by atoms with Crippen LogP contribution in [0.25, 0.3) is 11.0 Å². The van der Waals surface area contributed by atoms with Crippen molar-refractivity contribution in [3.05, 3.63) is 89.2 Å². The number of nitrogen functional groups attached to an aromatic ring is 1. The molecule has 0 aliphatic rings. The van der Waals surface area contributed by atoms with Crippen molar-refractivity contribution in [3.63, 3.8) is 0 Å². The fourth-order valence-electron chi connectivity index (χ4n) is 3.14. The zero-order chi connectivity index (χ0) is 19.7. The van der Waals surface area contributed by atoms with Crippen LogP contribution in [0.5, 0.6) is 0 Å². The highest BCUT2D eigenvalue weighted by molar-refractivity contribution is 7.90. The van der Waals surface area contributed by atoms with Crippen molar-refractivity contribution in [2.75, 3.05) is 5.73 Å². The smallest absolute Gasteiger partial charge is 0.185 e. The fraction of sp³-hybridized carbons (Fsp3) is 0.0952. The normalized spacial score (nSPS) is 11.8. The zero-order valence-electron chi connectivity index (χ0n) is 14.9. The molecular weight excluding hydrogens is 394 g/mol. The molecule has 5 nitrogen and oxygen atoms in total. The number of fused-ring (bicyclic) bond motifs is 1. The number of benzene rings is 3. The summed E-state index contributed by atoms with van der Waals surface area (Å²) in [5.74, 6) is 0.258. The summed E-state index contributed by atoms with van der Waals surface area (Å²) in [5.41, 5.74) is 8.71. The van der Waals surface area contributed by atoms with E-state index in [1.807, 2.05) is 53.1 Å². The molecule has 142 valence electrons. The molecule has 1 heterocycles. The van der Waals surface area contributed by atoms with E-state index in [1.54, 1.807) is 12.1 Å². The average Bonchev–Trinajstić information content (AvgIpc) is 3.00. The van der Waals surface area contributed by atoms with E-state index in [9.17, 15) is 8.42 Å². The molecule has 0 radical (unpaired) electrons. The topological polar surface area (TPSA) is 78.0 Å². The maximum atomic E-state index is 12.9. The van der Waals surface area contributed by atoms with Crippen molar-refractivity contribution in [1.82, 2.24) is 9.55 Å². The van der Waals surface area contributed by atoms with Crippen LogP contribution in [0.3, 0.4) is 0 Å². The number of sulfone groups is 1. The molecule has 2 N–H and O–H groups in total. The van der Waals surface area contributed by atoms with Crippen molar-refractivity contribution in [1.29, 1.82) is 0 Å². The summed E-state index contributed by atoms with van der Waals surface area (Å²) in [6.45, 7) is 0.437. The average molecular weight is 412 g/mol. The quantitative estimate of drug-likeness (QED) is 0.497. The molecule has 0 unspecified atom stereocenters. The monoisotopic (exact) mass is 411 g/mol. The van der Waals surface area contributed by atoms with Gasteiger partial charge >= 0.3 is 0 Å². The summed E-state index contributed by atoms with van der Waals surface area (Å²) in [4.78, 5) is 4.80. The van der Waals surface area contributed by atoms with Crippen LogP contribution in [0.1, 0.15) is 11.4 Å².